The average molecular weight is 360 g/mol. The molecule has 2 N–H and O–H groups in total. The van der Waals surface area contributed by atoms with Crippen molar-refractivity contribution in [3.05, 3.63) is 29.8 Å². The fraction of sp³-hybridized carbons (Fsp3) is 0.667. The SMILES string of the molecule is C[C@H]1OCCN[C@@H]1C(=O)NC1CCN(c2ccc(C(C)(C)C)cc2)CC1. The summed E-state index contributed by atoms with van der Waals surface area (Å²) < 4.78 is 5.58. The van der Waals surface area contributed by atoms with Crippen molar-refractivity contribution in [1.82, 2.24) is 10.6 Å². The molecule has 0 saturated carbocycles. The summed E-state index contributed by atoms with van der Waals surface area (Å²) in [5.74, 6) is 0.0742. The highest BCUT2D eigenvalue weighted by molar-refractivity contribution is 5.82. The first-order valence-electron chi connectivity index (χ1n) is 9.85. The van der Waals surface area contributed by atoms with Crippen molar-refractivity contribution in [3.63, 3.8) is 0 Å². The van der Waals surface area contributed by atoms with Crippen molar-refractivity contribution in [1.29, 1.82) is 0 Å². The van der Waals surface area contributed by atoms with Gasteiger partial charge in [0.1, 0.15) is 6.04 Å². The van der Waals surface area contributed by atoms with Crippen molar-refractivity contribution in [2.45, 2.75) is 64.1 Å². The van der Waals surface area contributed by atoms with Gasteiger partial charge in [-0.05, 0) is 42.9 Å². The summed E-state index contributed by atoms with van der Waals surface area (Å²) in [5, 5.41) is 6.47. The second-order valence-corrected chi connectivity index (χ2v) is 8.57. The third kappa shape index (κ3) is 4.57. The number of anilines is 1. The Morgan fingerprint density at radius 3 is 2.42 bits per heavy atom. The number of carbonyl (C=O) groups excluding carboxylic acids is 1. The van der Waals surface area contributed by atoms with Gasteiger partial charge >= 0.3 is 0 Å². The van der Waals surface area contributed by atoms with Crippen LogP contribution in [0.4, 0.5) is 5.69 Å². The van der Waals surface area contributed by atoms with E-state index < -0.39 is 0 Å². The standard InChI is InChI=1S/C21H33N3O2/c1-15-19(22-11-14-26-15)20(25)23-17-9-12-24(13-10-17)18-7-5-16(6-8-18)21(2,3)4/h5-8,15,17,19,22H,9-14H2,1-4H3,(H,23,25)/t15-,19+/m1/s1. The average Bonchev–Trinajstić information content (AvgIpc) is 2.62. The minimum Gasteiger partial charge on any atom is -0.375 e. The van der Waals surface area contributed by atoms with E-state index in [4.69, 9.17) is 4.74 Å². The van der Waals surface area contributed by atoms with Gasteiger partial charge in [0.15, 0.2) is 0 Å². The van der Waals surface area contributed by atoms with E-state index in [1.54, 1.807) is 0 Å². The Morgan fingerprint density at radius 2 is 1.85 bits per heavy atom. The lowest BCUT2D eigenvalue weighted by Crippen LogP contribution is -2.58. The second kappa shape index (κ2) is 7.97. The van der Waals surface area contributed by atoms with Crippen LogP contribution in [0.3, 0.4) is 0 Å². The highest BCUT2D eigenvalue weighted by atomic mass is 16.5. The highest BCUT2D eigenvalue weighted by Crippen LogP contribution is 2.26. The molecule has 2 aliphatic heterocycles. The Hall–Kier alpha value is -1.59. The van der Waals surface area contributed by atoms with E-state index in [0.29, 0.717) is 6.61 Å². The van der Waals surface area contributed by atoms with Gasteiger partial charge in [0.25, 0.3) is 0 Å². The molecule has 5 nitrogen and oxygen atoms in total. The lowest BCUT2D eigenvalue weighted by atomic mass is 9.87. The molecule has 2 heterocycles. The molecule has 0 aliphatic carbocycles. The molecule has 1 aromatic rings. The molecule has 2 saturated heterocycles. The minimum absolute atomic E-state index is 0.0647. The van der Waals surface area contributed by atoms with Crippen molar-refractivity contribution in [2.24, 2.45) is 0 Å². The fourth-order valence-electron chi connectivity index (χ4n) is 3.77. The normalized spacial score (nSPS) is 25.2. The van der Waals surface area contributed by atoms with Crippen LogP contribution in [0.5, 0.6) is 0 Å². The summed E-state index contributed by atoms with van der Waals surface area (Å²) in [6, 6.07) is 8.95. The van der Waals surface area contributed by atoms with Crippen LogP contribution in [-0.2, 0) is 14.9 Å². The molecule has 3 rings (SSSR count). The highest BCUT2D eigenvalue weighted by Gasteiger charge is 2.30. The van der Waals surface area contributed by atoms with E-state index in [2.05, 4.69) is 60.6 Å². The zero-order chi connectivity index (χ0) is 18.7. The number of benzene rings is 1. The van der Waals surface area contributed by atoms with E-state index in [9.17, 15) is 4.79 Å². The Kier molecular flexibility index (Phi) is 5.88. The monoisotopic (exact) mass is 359 g/mol. The van der Waals surface area contributed by atoms with E-state index >= 15 is 0 Å². The molecule has 26 heavy (non-hydrogen) atoms. The van der Waals surface area contributed by atoms with E-state index in [0.717, 1.165) is 32.5 Å². The summed E-state index contributed by atoms with van der Waals surface area (Å²) in [4.78, 5) is 14.9. The molecule has 5 heteroatoms. The van der Waals surface area contributed by atoms with Gasteiger partial charge in [-0.2, -0.15) is 0 Å². The summed E-state index contributed by atoms with van der Waals surface area (Å²) in [7, 11) is 0. The van der Waals surface area contributed by atoms with E-state index in [-0.39, 0.29) is 29.5 Å². The number of ether oxygens (including phenoxy) is 1. The number of hydrogen-bond acceptors (Lipinski definition) is 4. The van der Waals surface area contributed by atoms with Gasteiger partial charge < -0.3 is 20.3 Å². The lowest BCUT2D eigenvalue weighted by molar-refractivity contribution is -0.129. The molecule has 0 unspecified atom stereocenters. The molecular formula is C21H33N3O2. The molecule has 0 aromatic heterocycles. The quantitative estimate of drug-likeness (QED) is 0.870. The molecule has 2 fully saturated rings. The third-order valence-corrected chi connectivity index (χ3v) is 5.54. The number of carbonyl (C=O) groups is 1. The van der Waals surface area contributed by atoms with Gasteiger partial charge in [-0.1, -0.05) is 32.9 Å². The Balaban J connectivity index is 1.50. The number of nitrogens with one attached hydrogen (secondary N) is 2. The van der Waals surface area contributed by atoms with Crippen molar-refractivity contribution in [3.8, 4) is 0 Å². The summed E-state index contributed by atoms with van der Waals surface area (Å²) in [5.41, 5.74) is 2.82. The zero-order valence-corrected chi connectivity index (χ0v) is 16.5. The second-order valence-electron chi connectivity index (χ2n) is 8.57. The molecular weight excluding hydrogens is 326 g/mol. The van der Waals surface area contributed by atoms with Gasteiger partial charge in [-0.3, -0.25) is 4.79 Å². The number of piperidine rings is 1. The summed E-state index contributed by atoms with van der Waals surface area (Å²) in [6.45, 7) is 12.0. The fourth-order valence-corrected chi connectivity index (χ4v) is 3.77. The van der Waals surface area contributed by atoms with Crippen LogP contribution < -0.4 is 15.5 Å². The Morgan fingerprint density at radius 1 is 1.19 bits per heavy atom. The maximum absolute atomic E-state index is 12.5. The maximum Gasteiger partial charge on any atom is 0.240 e. The molecule has 1 aromatic carbocycles. The molecule has 0 spiro atoms. The van der Waals surface area contributed by atoms with Crippen LogP contribution in [0.2, 0.25) is 0 Å². The van der Waals surface area contributed by atoms with Gasteiger partial charge in [-0.25, -0.2) is 0 Å². The first kappa shape index (κ1) is 19.2. The van der Waals surface area contributed by atoms with Crippen molar-refractivity contribution < 1.29 is 9.53 Å². The first-order valence-corrected chi connectivity index (χ1v) is 9.85. The predicted octanol–water partition coefficient (Wildman–Crippen LogP) is 2.45. The van der Waals surface area contributed by atoms with Gasteiger partial charge in [0.05, 0.1) is 12.7 Å². The number of hydrogen-bond donors (Lipinski definition) is 2. The van der Waals surface area contributed by atoms with Gasteiger partial charge in [0, 0.05) is 31.4 Å². The third-order valence-electron chi connectivity index (χ3n) is 5.54. The van der Waals surface area contributed by atoms with Crippen molar-refractivity contribution in [2.75, 3.05) is 31.1 Å². The minimum atomic E-state index is -0.230. The summed E-state index contributed by atoms with van der Waals surface area (Å²) >= 11 is 0. The lowest BCUT2D eigenvalue weighted by Gasteiger charge is -2.36. The predicted molar refractivity (Wildman–Crippen MR) is 106 cm³/mol. The van der Waals surface area contributed by atoms with Crippen molar-refractivity contribution >= 4 is 11.6 Å². The van der Waals surface area contributed by atoms with Crippen LogP contribution >= 0.6 is 0 Å². The number of morpholine rings is 1. The van der Waals surface area contributed by atoms with Gasteiger partial charge in [0.2, 0.25) is 5.91 Å². The van der Waals surface area contributed by atoms with Crippen LogP contribution in [0.15, 0.2) is 24.3 Å². The molecule has 2 aliphatic rings. The van der Waals surface area contributed by atoms with Crippen LogP contribution in [0, 0.1) is 0 Å². The van der Waals surface area contributed by atoms with Crippen LogP contribution in [0.25, 0.3) is 0 Å². The molecule has 0 bridgehead atoms. The zero-order valence-electron chi connectivity index (χ0n) is 16.5. The molecule has 1 amide bonds. The largest absolute Gasteiger partial charge is 0.375 e. The van der Waals surface area contributed by atoms with Crippen LogP contribution in [0.1, 0.15) is 46.1 Å². The van der Waals surface area contributed by atoms with E-state index in [1.807, 2.05) is 6.92 Å². The first-order chi connectivity index (χ1) is 12.3. The molecule has 2 atom stereocenters. The smallest absolute Gasteiger partial charge is 0.240 e. The number of amides is 1. The molecule has 0 radical (unpaired) electrons. The van der Waals surface area contributed by atoms with E-state index in [1.165, 1.54) is 11.3 Å². The molecule has 144 valence electrons. The Labute approximate surface area is 157 Å². The Bertz CT molecular complexity index is 601. The topological polar surface area (TPSA) is 53.6 Å². The van der Waals surface area contributed by atoms with Crippen LogP contribution in [-0.4, -0.2) is 50.3 Å². The number of nitrogens with zero attached hydrogens (tertiary/aromatic N) is 1. The number of rotatable bonds is 3. The maximum atomic E-state index is 12.5. The summed E-state index contributed by atoms with van der Waals surface area (Å²) in [6.07, 6.45) is 1.90. The van der Waals surface area contributed by atoms with Gasteiger partial charge in [-0.15, -0.1) is 0 Å².